The third-order valence-electron chi connectivity index (χ3n) is 3.83. The summed E-state index contributed by atoms with van der Waals surface area (Å²) < 4.78 is 10.7. The van der Waals surface area contributed by atoms with Gasteiger partial charge in [-0.25, -0.2) is 4.98 Å². The number of hydrogen-bond acceptors (Lipinski definition) is 6. The number of ether oxygens (including phenoxy) is 2. The highest BCUT2D eigenvalue weighted by molar-refractivity contribution is 5.67. The third kappa shape index (κ3) is 4.22. The van der Waals surface area contributed by atoms with Crippen molar-refractivity contribution in [3.8, 4) is 11.5 Å². The van der Waals surface area contributed by atoms with E-state index in [1.807, 2.05) is 55.5 Å². The minimum Gasteiger partial charge on any atom is -0.497 e. The van der Waals surface area contributed by atoms with Gasteiger partial charge in [-0.1, -0.05) is 17.7 Å². The van der Waals surface area contributed by atoms with Crippen LogP contribution in [0.25, 0.3) is 0 Å². The molecule has 134 valence electrons. The van der Waals surface area contributed by atoms with Crippen LogP contribution in [0, 0.1) is 13.8 Å². The topological polar surface area (TPSA) is 68.3 Å². The maximum absolute atomic E-state index is 5.41. The molecule has 0 bridgehead atoms. The Morgan fingerprint density at radius 3 is 2.27 bits per heavy atom. The van der Waals surface area contributed by atoms with Gasteiger partial charge in [-0.05, 0) is 38.1 Å². The number of anilines is 4. The SMILES string of the molecule is COc1ccc(OC)c(Nc2cc(C)nc(Nc3ccc(C)cc3)n2)c1. The van der Waals surface area contributed by atoms with E-state index in [0.717, 1.165) is 22.8 Å². The first-order valence-electron chi connectivity index (χ1n) is 8.26. The Balaban J connectivity index is 1.87. The van der Waals surface area contributed by atoms with Gasteiger partial charge in [0.05, 0.1) is 19.9 Å². The molecular formula is C20H22N4O2. The fourth-order valence-electron chi connectivity index (χ4n) is 2.50. The summed E-state index contributed by atoms with van der Waals surface area (Å²) in [5.41, 5.74) is 3.75. The number of rotatable bonds is 6. The van der Waals surface area contributed by atoms with Crippen LogP contribution in [-0.4, -0.2) is 24.2 Å². The molecule has 0 spiro atoms. The maximum Gasteiger partial charge on any atom is 0.229 e. The number of nitrogens with zero attached hydrogens (tertiary/aromatic N) is 2. The highest BCUT2D eigenvalue weighted by Crippen LogP contribution is 2.31. The van der Waals surface area contributed by atoms with Gasteiger partial charge >= 0.3 is 0 Å². The van der Waals surface area contributed by atoms with Gasteiger partial charge in [0.1, 0.15) is 17.3 Å². The van der Waals surface area contributed by atoms with Crippen molar-refractivity contribution in [2.75, 3.05) is 24.9 Å². The van der Waals surface area contributed by atoms with Crippen LogP contribution in [0.5, 0.6) is 11.5 Å². The highest BCUT2D eigenvalue weighted by atomic mass is 16.5. The van der Waals surface area contributed by atoms with Crippen molar-refractivity contribution < 1.29 is 9.47 Å². The number of aryl methyl sites for hydroxylation is 2. The molecule has 0 atom stereocenters. The Bertz CT molecular complexity index is 895. The van der Waals surface area contributed by atoms with Crippen LogP contribution in [-0.2, 0) is 0 Å². The van der Waals surface area contributed by atoms with Gasteiger partial charge in [0.2, 0.25) is 5.95 Å². The van der Waals surface area contributed by atoms with Crippen LogP contribution in [0.4, 0.5) is 23.1 Å². The Morgan fingerprint density at radius 2 is 1.58 bits per heavy atom. The van der Waals surface area contributed by atoms with E-state index in [0.29, 0.717) is 17.5 Å². The summed E-state index contributed by atoms with van der Waals surface area (Å²) in [5.74, 6) is 2.63. The number of aromatic nitrogens is 2. The van der Waals surface area contributed by atoms with Crippen LogP contribution in [0.15, 0.2) is 48.5 Å². The lowest BCUT2D eigenvalue weighted by atomic mass is 10.2. The largest absolute Gasteiger partial charge is 0.497 e. The molecule has 0 aliphatic carbocycles. The van der Waals surface area contributed by atoms with Gasteiger partial charge in [0, 0.05) is 23.5 Å². The van der Waals surface area contributed by atoms with E-state index >= 15 is 0 Å². The fourth-order valence-corrected chi connectivity index (χ4v) is 2.50. The summed E-state index contributed by atoms with van der Waals surface area (Å²) in [6.45, 7) is 3.98. The van der Waals surface area contributed by atoms with Crippen LogP contribution >= 0.6 is 0 Å². The van der Waals surface area contributed by atoms with Crippen LogP contribution in [0.1, 0.15) is 11.3 Å². The fraction of sp³-hybridized carbons (Fsp3) is 0.200. The molecule has 0 amide bonds. The minimum atomic E-state index is 0.526. The van der Waals surface area contributed by atoms with E-state index in [2.05, 4.69) is 27.5 Å². The van der Waals surface area contributed by atoms with Crippen LogP contribution in [0.3, 0.4) is 0 Å². The quantitative estimate of drug-likeness (QED) is 0.677. The molecule has 0 fully saturated rings. The smallest absolute Gasteiger partial charge is 0.229 e. The van der Waals surface area contributed by atoms with Gasteiger partial charge in [0.15, 0.2) is 0 Å². The predicted octanol–water partition coefficient (Wildman–Crippen LogP) is 4.60. The number of hydrogen-bond donors (Lipinski definition) is 2. The Hall–Kier alpha value is -3.28. The number of nitrogens with one attached hydrogen (secondary N) is 2. The van der Waals surface area contributed by atoms with E-state index < -0.39 is 0 Å². The second kappa shape index (κ2) is 7.74. The first kappa shape index (κ1) is 17.5. The van der Waals surface area contributed by atoms with E-state index in [1.165, 1.54) is 5.56 Å². The molecule has 26 heavy (non-hydrogen) atoms. The van der Waals surface area contributed by atoms with Gasteiger partial charge in [0.25, 0.3) is 0 Å². The molecule has 0 saturated heterocycles. The summed E-state index contributed by atoms with van der Waals surface area (Å²) in [6, 6.07) is 15.5. The van der Waals surface area contributed by atoms with E-state index in [-0.39, 0.29) is 0 Å². The zero-order chi connectivity index (χ0) is 18.5. The molecule has 6 heteroatoms. The molecule has 0 unspecified atom stereocenters. The zero-order valence-corrected chi connectivity index (χ0v) is 15.3. The molecule has 3 rings (SSSR count). The van der Waals surface area contributed by atoms with Crippen LogP contribution in [0.2, 0.25) is 0 Å². The first-order chi connectivity index (χ1) is 12.6. The number of methoxy groups -OCH3 is 2. The van der Waals surface area contributed by atoms with E-state index in [1.54, 1.807) is 14.2 Å². The summed E-state index contributed by atoms with van der Waals surface area (Å²) in [7, 11) is 3.26. The van der Waals surface area contributed by atoms with Gasteiger partial charge < -0.3 is 20.1 Å². The normalized spacial score (nSPS) is 10.3. The van der Waals surface area contributed by atoms with Crippen molar-refractivity contribution in [2.45, 2.75) is 13.8 Å². The summed E-state index contributed by atoms with van der Waals surface area (Å²) in [5, 5.41) is 6.51. The van der Waals surface area contributed by atoms with Crippen molar-refractivity contribution in [1.82, 2.24) is 9.97 Å². The second-order valence-corrected chi connectivity index (χ2v) is 5.90. The Labute approximate surface area is 153 Å². The molecule has 2 aromatic carbocycles. The van der Waals surface area contributed by atoms with Gasteiger partial charge in [-0.3, -0.25) is 0 Å². The van der Waals surface area contributed by atoms with Crippen LogP contribution < -0.4 is 20.1 Å². The van der Waals surface area contributed by atoms with Crippen molar-refractivity contribution >= 4 is 23.1 Å². The summed E-state index contributed by atoms with van der Waals surface area (Å²) in [6.07, 6.45) is 0. The van der Waals surface area contributed by atoms with Crippen molar-refractivity contribution in [3.63, 3.8) is 0 Å². The number of benzene rings is 2. The first-order valence-corrected chi connectivity index (χ1v) is 8.26. The predicted molar refractivity (Wildman–Crippen MR) is 104 cm³/mol. The zero-order valence-electron chi connectivity index (χ0n) is 15.3. The van der Waals surface area contributed by atoms with Crippen molar-refractivity contribution in [1.29, 1.82) is 0 Å². The Kier molecular flexibility index (Phi) is 5.22. The lowest BCUT2D eigenvalue weighted by Crippen LogP contribution is -2.03. The van der Waals surface area contributed by atoms with Gasteiger partial charge in [-0.15, -0.1) is 0 Å². The van der Waals surface area contributed by atoms with Crippen molar-refractivity contribution in [2.24, 2.45) is 0 Å². The molecule has 0 aliphatic heterocycles. The molecule has 6 nitrogen and oxygen atoms in total. The lowest BCUT2D eigenvalue weighted by Gasteiger charge is -2.13. The summed E-state index contributed by atoms with van der Waals surface area (Å²) >= 11 is 0. The molecule has 1 heterocycles. The standard InChI is InChI=1S/C20H22N4O2/c1-13-5-7-15(8-6-13)22-20-21-14(2)11-19(24-20)23-17-12-16(25-3)9-10-18(17)26-4/h5-12H,1-4H3,(H2,21,22,23,24). The molecule has 0 aliphatic rings. The maximum atomic E-state index is 5.41. The molecule has 1 aromatic heterocycles. The van der Waals surface area contributed by atoms with Gasteiger partial charge in [-0.2, -0.15) is 4.98 Å². The average molecular weight is 350 g/mol. The molecule has 2 N–H and O–H groups in total. The highest BCUT2D eigenvalue weighted by Gasteiger charge is 2.08. The lowest BCUT2D eigenvalue weighted by molar-refractivity contribution is 0.405. The molecule has 0 saturated carbocycles. The molecular weight excluding hydrogens is 328 g/mol. The minimum absolute atomic E-state index is 0.526. The van der Waals surface area contributed by atoms with Crippen molar-refractivity contribution in [3.05, 3.63) is 59.8 Å². The van der Waals surface area contributed by atoms with E-state index in [4.69, 9.17) is 9.47 Å². The average Bonchev–Trinajstić information content (AvgIpc) is 2.63. The second-order valence-electron chi connectivity index (χ2n) is 5.90. The molecule has 3 aromatic rings. The summed E-state index contributed by atoms with van der Waals surface area (Å²) in [4.78, 5) is 9.00. The molecule has 0 radical (unpaired) electrons. The Morgan fingerprint density at radius 1 is 0.808 bits per heavy atom. The monoisotopic (exact) mass is 350 g/mol. The third-order valence-corrected chi connectivity index (χ3v) is 3.83. The van der Waals surface area contributed by atoms with E-state index in [9.17, 15) is 0 Å².